The summed E-state index contributed by atoms with van der Waals surface area (Å²) in [5.41, 5.74) is 0.775. The maximum Gasteiger partial charge on any atom is 0.173 e. The largest absolute Gasteiger partial charge is 0.293 e. The Hall–Kier alpha value is -2.14. The lowest BCUT2D eigenvalue weighted by Crippen LogP contribution is -2.14. The van der Waals surface area contributed by atoms with Gasteiger partial charge in [0, 0.05) is 17.4 Å². The minimum Gasteiger partial charge on any atom is -0.293 e. The van der Waals surface area contributed by atoms with Crippen molar-refractivity contribution in [2.75, 3.05) is 0 Å². The van der Waals surface area contributed by atoms with E-state index in [-0.39, 0.29) is 12.2 Å². The van der Waals surface area contributed by atoms with Gasteiger partial charge in [0.25, 0.3) is 0 Å². The van der Waals surface area contributed by atoms with Gasteiger partial charge in [0.1, 0.15) is 5.92 Å². The number of carbonyl (C=O) groups excluding carboxylic acids is 1. The molecule has 0 aliphatic rings. The van der Waals surface area contributed by atoms with Crippen LogP contribution in [0.25, 0.3) is 0 Å². The Kier molecular flexibility index (Phi) is 5.11. The average molecular weight is 315 g/mol. The van der Waals surface area contributed by atoms with E-state index in [4.69, 9.17) is 22.1 Å². The van der Waals surface area contributed by atoms with E-state index in [0.717, 1.165) is 5.56 Å². The van der Waals surface area contributed by atoms with Crippen LogP contribution >= 0.6 is 22.9 Å². The van der Waals surface area contributed by atoms with Crippen LogP contribution in [0.15, 0.2) is 41.8 Å². The molecular weight excluding hydrogens is 304 g/mol. The number of halogens is 1. The van der Waals surface area contributed by atoms with E-state index >= 15 is 0 Å². The van der Waals surface area contributed by atoms with Crippen LogP contribution in [0.5, 0.6) is 0 Å². The fraction of sp³-hybridized carbons (Fsp3) is 0.188. The molecule has 104 valence electrons. The number of hydrogen-bond acceptors (Lipinski definition) is 4. The minimum absolute atomic E-state index is 0.0551. The molecule has 2 rings (SSSR count). The lowest BCUT2D eigenvalue weighted by molar-refractivity contribution is 0.0975. The van der Waals surface area contributed by atoms with Gasteiger partial charge >= 0.3 is 0 Å². The van der Waals surface area contributed by atoms with E-state index in [1.54, 1.807) is 36.4 Å². The molecule has 1 atom stereocenters. The highest BCUT2D eigenvalue weighted by molar-refractivity contribution is 7.12. The van der Waals surface area contributed by atoms with E-state index in [1.807, 2.05) is 17.5 Å². The molecule has 1 heterocycles. The van der Waals surface area contributed by atoms with Crippen molar-refractivity contribution in [3.63, 3.8) is 0 Å². The Morgan fingerprint density at radius 2 is 1.86 bits per heavy atom. The van der Waals surface area contributed by atoms with Gasteiger partial charge in [-0.15, -0.1) is 11.3 Å². The molecule has 0 aliphatic carbocycles. The number of benzene rings is 1. The molecule has 1 aromatic heterocycles. The smallest absolute Gasteiger partial charge is 0.173 e. The number of nitriles is 2. The second-order valence-corrected chi connectivity index (χ2v) is 5.88. The van der Waals surface area contributed by atoms with Crippen LogP contribution in [0.3, 0.4) is 0 Å². The molecule has 0 fully saturated rings. The first-order chi connectivity index (χ1) is 10.2. The van der Waals surface area contributed by atoms with Gasteiger partial charge in [-0.2, -0.15) is 10.5 Å². The van der Waals surface area contributed by atoms with Crippen molar-refractivity contribution in [3.05, 3.63) is 57.2 Å². The van der Waals surface area contributed by atoms with E-state index in [2.05, 4.69) is 0 Å². The Bertz CT molecular complexity index is 681. The summed E-state index contributed by atoms with van der Waals surface area (Å²) in [6, 6.07) is 14.4. The molecule has 5 heteroatoms. The van der Waals surface area contributed by atoms with Crippen molar-refractivity contribution in [1.82, 2.24) is 0 Å². The monoisotopic (exact) mass is 314 g/mol. The molecule has 0 radical (unpaired) electrons. The molecule has 0 spiro atoms. The number of thiophene rings is 1. The summed E-state index contributed by atoms with van der Waals surface area (Å²) in [7, 11) is 0. The van der Waals surface area contributed by atoms with E-state index in [9.17, 15) is 4.79 Å². The maximum absolute atomic E-state index is 12.3. The standard InChI is InChI=1S/C16H11ClN2OS/c17-13-5-3-11(4-6-13)14(12(9-18)10-19)8-15(20)16-2-1-7-21-16/h1-7,12,14H,8H2/t14-/m0/s1. The highest BCUT2D eigenvalue weighted by Gasteiger charge is 2.26. The fourth-order valence-electron chi connectivity index (χ4n) is 2.08. The van der Waals surface area contributed by atoms with Crippen LogP contribution in [0.4, 0.5) is 0 Å². The molecule has 1 aromatic carbocycles. The average Bonchev–Trinajstić information content (AvgIpc) is 3.02. The quantitative estimate of drug-likeness (QED) is 0.767. The Morgan fingerprint density at radius 1 is 1.19 bits per heavy atom. The summed E-state index contributed by atoms with van der Waals surface area (Å²) >= 11 is 7.22. The molecule has 2 aromatic rings. The molecule has 0 saturated heterocycles. The van der Waals surface area contributed by atoms with Gasteiger partial charge in [-0.1, -0.05) is 29.8 Å². The first-order valence-corrected chi connectivity index (χ1v) is 7.53. The van der Waals surface area contributed by atoms with Crippen LogP contribution in [-0.4, -0.2) is 5.78 Å². The summed E-state index contributed by atoms with van der Waals surface area (Å²) in [6.45, 7) is 0. The SMILES string of the molecule is N#CC(C#N)[C@@H](CC(=O)c1cccs1)c1ccc(Cl)cc1. The third-order valence-corrected chi connectivity index (χ3v) is 4.34. The molecule has 21 heavy (non-hydrogen) atoms. The number of carbonyl (C=O) groups is 1. The summed E-state index contributed by atoms with van der Waals surface area (Å²) in [5.74, 6) is -1.37. The van der Waals surface area contributed by atoms with Crippen molar-refractivity contribution in [3.8, 4) is 12.1 Å². The molecule has 0 aliphatic heterocycles. The first kappa shape index (κ1) is 15.3. The van der Waals surface area contributed by atoms with Crippen molar-refractivity contribution in [1.29, 1.82) is 10.5 Å². The van der Waals surface area contributed by atoms with Gasteiger partial charge in [-0.3, -0.25) is 4.79 Å². The predicted molar refractivity (Wildman–Crippen MR) is 82.2 cm³/mol. The summed E-state index contributed by atoms with van der Waals surface area (Å²) in [4.78, 5) is 12.9. The van der Waals surface area contributed by atoms with Gasteiger partial charge in [0.2, 0.25) is 0 Å². The van der Waals surface area contributed by atoms with Crippen LogP contribution in [-0.2, 0) is 0 Å². The normalized spacial score (nSPS) is 11.6. The molecule has 0 bridgehead atoms. The summed E-state index contributed by atoms with van der Waals surface area (Å²) in [5, 5.41) is 20.7. The molecule has 0 N–H and O–H groups in total. The minimum atomic E-state index is -0.866. The van der Waals surface area contributed by atoms with Gasteiger partial charge in [0.05, 0.1) is 17.0 Å². The molecule has 3 nitrogen and oxygen atoms in total. The highest BCUT2D eigenvalue weighted by atomic mass is 35.5. The zero-order valence-corrected chi connectivity index (χ0v) is 12.6. The third kappa shape index (κ3) is 3.70. The number of Topliss-reactive ketones (excluding diaryl/α,β-unsaturated/α-hetero) is 1. The maximum atomic E-state index is 12.3. The van der Waals surface area contributed by atoms with E-state index in [0.29, 0.717) is 9.90 Å². The van der Waals surface area contributed by atoms with Crippen LogP contribution in [0.2, 0.25) is 5.02 Å². The second-order valence-electron chi connectivity index (χ2n) is 4.50. The second kappa shape index (κ2) is 7.04. The van der Waals surface area contributed by atoms with Crippen molar-refractivity contribution >= 4 is 28.7 Å². The van der Waals surface area contributed by atoms with E-state index < -0.39 is 11.8 Å². The van der Waals surface area contributed by atoms with Crippen molar-refractivity contribution in [2.45, 2.75) is 12.3 Å². The zero-order chi connectivity index (χ0) is 15.2. The lowest BCUT2D eigenvalue weighted by Gasteiger charge is -2.17. The van der Waals surface area contributed by atoms with Crippen molar-refractivity contribution < 1.29 is 4.79 Å². The third-order valence-electron chi connectivity index (χ3n) is 3.18. The fourth-order valence-corrected chi connectivity index (χ4v) is 2.89. The number of rotatable bonds is 5. The number of ketones is 1. The summed E-state index contributed by atoms with van der Waals surface area (Å²) < 4.78 is 0. The topological polar surface area (TPSA) is 64.7 Å². The van der Waals surface area contributed by atoms with Crippen LogP contribution in [0.1, 0.15) is 27.6 Å². The Labute approximate surface area is 132 Å². The molecule has 0 saturated carbocycles. The highest BCUT2D eigenvalue weighted by Crippen LogP contribution is 2.30. The van der Waals surface area contributed by atoms with Gasteiger partial charge < -0.3 is 0 Å². The zero-order valence-electron chi connectivity index (χ0n) is 11.0. The Morgan fingerprint density at radius 3 is 2.38 bits per heavy atom. The Balaban J connectivity index is 2.29. The number of nitrogens with zero attached hydrogens (tertiary/aromatic N) is 2. The van der Waals surface area contributed by atoms with Gasteiger partial charge in [-0.25, -0.2) is 0 Å². The first-order valence-electron chi connectivity index (χ1n) is 6.27. The van der Waals surface area contributed by atoms with Crippen molar-refractivity contribution in [2.24, 2.45) is 5.92 Å². The van der Waals surface area contributed by atoms with Crippen LogP contribution in [0, 0.1) is 28.6 Å². The molecular formula is C16H11ClN2OS. The lowest BCUT2D eigenvalue weighted by atomic mass is 9.83. The predicted octanol–water partition coefficient (Wildman–Crippen LogP) is 4.42. The molecule has 0 unspecified atom stereocenters. The number of hydrogen-bond donors (Lipinski definition) is 0. The van der Waals surface area contributed by atoms with Gasteiger partial charge in [0.15, 0.2) is 5.78 Å². The van der Waals surface area contributed by atoms with Gasteiger partial charge in [-0.05, 0) is 29.1 Å². The van der Waals surface area contributed by atoms with E-state index in [1.165, 1.54) is 11.3 Å². The summed E-state index contributed by atoms with van der Waals surface area (Å²) in [6.07, 6.45) is 0.133. The van der Waals surface area contributed by atoms with Crippen LogP contribution < -0.4 is 0 Å². The molecule has 0 amide bonds.